The van der Waals surface area contributed by atoms with Crippen LogP contribution in [0.5, 0.6) is 0 Å². The lowest BCUT2D eigenvalue weighted by Gasteiger charge is -2.12. The number of carboxylic acid groups (broad SMARTS) is 1. The Morgan fingerprint density at radius 3 is 2.84 bits per heavy atom. The lowest BCUT2D eigenvalue weighted by Crippen LogP contribution is -2.08. The molecule has 4 nitrogen and oxygen atoms in total. The summed E-state index contributed by atoms with van der Waals surface area (Å²) in [4.78, 5) is 11.3. The number of hydrogen-bond donors (Lipinski definition) is 1. The molecule has 0 bridgehead atoms. The summed E-state index contributed by atoms with van der Waals surface area (Å²) in [7, 11) is 1.65. The van der Waals surface area contributed by atoms with E-state index in [4.69, 9.17) is 4.74 Å². The average molecular weight is 324 g/mol. The van der Waals surface area contributed by atoms with Crippen molar-refractivity contribution < 1.29 is 14.6 Å². The Morgan fingerprint density at radius 1 is 1.42 bits per heavy atom. The molecule has 0 saturated carbocycles. The van der Waals surface area contributed by atoms with Crippen molar-refractivity contribution in [3.05, 3.63) is 52.3 Å². The minimum absolute atomic E-state index is 0.233. The molecule has 0 aliphatic rings. The van der Waals surface area contributed by atoms with E-state index in [1.807, 2.05) is 24.3 Å². The first-order chi connectivity index (χ1) is 9.13. The van der Waals surface area contributed by atoms with Gasteiger partial charge in [-0.15, -0.1) is 0 Å². The van der Waals surface area contributed by atoms with Gasteiger partial charge >= 0.3 is 5.97 Å². The zero-order chi connectivity index (χ0) is 13.8. The first-order valence-corrected chi connectivity index (χ1v) is 6.61. The molecule has 0 aliphatic carbocycles. The second kappa shape index (κ2) is 6.04. The molecule has 0 atom stereocenters. The summed E-state index contributed by atoms with van der Waals surface area (Å²) in [6.45, 7) is 0.599. The zero-order valence-electron chi connectivity index (χ0n) is 10.5. The van der Waals surface area contributed by atoms with Gasteiger partial charge < -0.3 is 14.4 Å². The van der Waals surface area contributed by atoms with E-state index >= 15 is 0 Å². The van der Waals surface area contributed by atoms with E-state index < -0.39 is 5.97 Å². The minimum Gasteiger partial charge on any atom is -0.477 e. The van der Waals surface area contributed by atoms with Gasteiger partial charge in [-0.2, -0.15) is 0 Å². The molecular formula is C14H14BrNO3. The van der Waals surface area contributed by atoms with E-state index in [0.717, 1.165) is 22.1 Å². The molecule has 1 aromatic heterocycles. The molecule has 0 unspecified atom stereocenters. The third-order valence-electron chi connectivity index (χ3n) is 2.83. The van der Waals surface area contributed by atoms with Crippen LogP contribution in [0.3, 0.4) is 0 Å². The molecule has 1 aromatic carbocycles. The Kier molecular flexibility index (Phi) is 4.39. The van der Waals surface area contributed by atoms with Gasteiger partial charge in [0.15, 0.2) is 0 Å². The fraction of sp³-hybridized carbons (Fsp3) is 0.214. The Morgan fingerprint density at radius 2 is 2.16 bits per heavy atom. The number of carboxylic acids is 1. The van der Waals surface area contributed by atoms with Gasteiger partial charge in [0.25, 0.3) is 0 Å². The van der Waals surface area contributed by atoms with Crippen LogP contribution in [0.1, 0.15) is 16.1 Å². The zero-order valence-corrected chi connectivity index (χ0v) is 12.1. The number of para-hydroxylation sites is 1. The topological polar surface area (TPSA) is 51.5 Å². The summed E-state index contributed by atoms with van der Waals surface area (Å²) >= 11 is 3.32. The standard InChI is InChI=1S/C14H14BrNO3/c1-19-7-6-10-4-2-3-5-12(10)16-9-11(15)8-13(16)14(17)18/h2-5,8-9H,6-7H2,1H3,(H,17,18). The van der Waals surface area contributed by atoms with Crippen molar-refractivity contribution in [2.24, 2.45) is 0 Å². The predicted octanol–water partition coefficient (Wildman–Crippen LogP) is 3.13. The summed E-state index contributed by atoms with van der Waals surface area (Å²) in [5.41, 5.74) is 2.15. The van der Waals surface area contributed by atoms with Crippen molar-refractivity contribution in [1.29, 1.82) is 0 Å². The van der Waals surface area contributed by atoms with Crippen LogP contribution >= 0.6 is 15.9 Å². The molecule has 0 saturated heterocycles. The van der Waals surface area contributed by atoms with Gasteiger partial charge in [0.2, 0.25) is 0 Å². The Hall–Kier alpha value is -1.59. The van der Waals surface area contributed by atoms with Crippen LogP contribution < -0.4 is 0 Å². The SMILES string of the molecule is COCCc1ccccc1-n1cc(Br)cc1C(=O)O. The van der Waals surface area contributed by atoms with Gasteiger partial charge in [-0.3, -0.25) is 0 Å². The van der Waals surface area contributed by atoms with E-state index in [1.54, 1.807) is 23.9 Å². The Balaban J connectivity index is 2.49. The predicted molar refractivity (Wildman–Crippen MR) is 76.0 cm³/mol. The summed E-state index contributed by atoms with van der Waals surface area (Å²) in [6, 6.07) is 9.31. The fourth-order valence-electron chi connectivity index (χ4n) is 1.96. The largest absolute Gasteiger partial charge is 0.477 e. The van der Waals surface area contributed by atoms with Crippen molar-refractivity contribution >= 4 is 21.9 Å². The number of ether oxygens (including phenoxy) is 1. The molecule has 2 aromatic rings. The van der Waals surface area contributed by atoms with Crippen molar-refractivity contribution in [1.82, 2.24) is 4.57 Å². The van der Waals surface area contributed by atoms with Gasteiger partial charge in [-0.1, -0.05) is 18.2 Å². The maximum Gasteiger partial charge on any atom is 0.352 e. The highest BCUT2D eigenvalue weighted by Gasteiger charge is 2.14. The summed E-state index contributed by atoms with van der Waals surface area (Å²) in [5, 5.41) is 9.24. The highest BCUT2D eigenvalue weighted by Crippen LogP contribution is 2.23. The third kappa shape index (κ3) is 3.05. The number of halogens is 1. The lowest BCUT2D eigenvalue weighted by atomic mass is 10.1. The van der Waals surface area contributed by atoms with Crippen molar-refractivity contribution in [3.63, 3.8) is 0 Å². The molecule has 0 aliphatic heterocycles. The lowest BCUT2D eigenvalue weighted by molar-refractivity contribution is 0.0688. The number of hydrogen-bond acceptors (Lipinski definition) is 2. The van der Waals surface area contributed by atoms with Crippen LogP contribution in [0.15, 0.2) is 41.0 Å². The number of carbonyl (C=O) groups is 1. The molecule has 5 heteroatoms. The summed E-state index contributed by atoms with van der Waals surface area (Å²) < 4.78 is 7.50. The molecule has 0 fully saturated rings. The number of methoxy groups -OCH3 is 1. The molecule has 1 heterocycles. The molecule has 0 amide bonds. The number of nitrogens with zero attached hydrogens (tertiary/aromatic N) is 1. The minimum atomic E-state index is -0.952. The maximum atomic E-state index is 11.3. The van der Waals surface area contributed by atoms with E-state index in [1.165, 1.54) is 0 Å². The number of aromatic nitrogens is 1. The summed E-state index contributed by atoms with van der Waals surface area (Å²) in [5.74, 6) is -0.952. The quantitative estimate of drug-likeness (QED) is 0.919. The summed E-state index contributed by atoms with van der Waals surface area (Å²) in [6.07, 6.45) is 2.50. The maximum absolute atomic E-state index is 11.3. The Bertz CT molecular complexity index is 592. The molecule has 1 N–H and O–H groups in total. The first kappa shape index (κ1) is 13.8. The van der Waals surface area contributed by atoms with Crippen LogP contribution in [-0.2, 0) is 11.2 Å². The van der Waals surface area contributed by atoms with Gasteiger partial charge in [0, 0.05) is 23.5 Å². The van der Waals surface area contributed by atoms with Crippen molar-refractivity contribution in [3.8, 4) is 5.69 Å². The van der Waals surface area contributed by atoms with Crippen molar-refractivity contribution in [2.45, 2.75) is 6.42 Å². The van der Waals surface area contributed by atoms with Crippen LogP contribution in [-0.4, -0.2) is 29.4 Å². The monoisotopic (exact) mass is 323 g/mol. The van der Waals surface area contributed by atoms with Gasteiger partial charge in [-0.25, -0.2) is 4.79 Å². The highest BCUT2D eigenvalue weighted by atomic mass is 79.9. The van der Waals surface area contributed by atoms with E-state index in [-0.39, 0.29) is 5.69 Å². The van der Waals surface area contributed by atoms with Crippen LogP contribution in [0.4, 0.5) is 0 Å². The fourth-order valence-corrected chi connectivity index (χ4v) is 2.39. The van der Waals surface area contributed by atoms with Gasteiger partial charge in [-0.05, 0) is 40.0 Å². The smallest absolute Gasteiger partial charge is 0.352 e. The first-order valence-electron chi connectivity index (χ1n) is 5.82. The molecule has 0 spiro atoms. The van der Waals surface area contributed by atoms with Crippen LogP contribution in [0.2, 0.25) is 0 Å². The number of benzene rings is 1. The molecule has 0 radical (unpaired) electrons. The van der Waals surface area contributed by atoms with Gasteiger partial charge in [0.1, 0.15) is 5.69 Å². The average Bonchev–Trinajstić information content (AvgIpc) is 2.79. The molecule has 19 heavy (non-hydrogen) atoms. The van der Waals surface area contributed by atoms with E-state index in [0.29, 0.717) is 6.61 Å². The van der Waals surface area contributed by atoms with E-state index in [2.05, 4.69) is 15.9 Å². The van der Waals surface area contributed by atoms with Gasteiger partial charge in [0.05, 0.1) is 6.61 Å². The Labute approximate surface area is 119 Å². The second-order valence-electron chi connectivity index (χ2n) is 4.09. The van der Waals surface area contributed by atoms with Crippen LogP contribution in [0.25, 0.3) is 5.69 Å². The number of aromatic carboxylic acids is 1. The van der Waals surface area contributed by atoms with E-state index in [9.17, 15) is 9.90 Å². The van der Waals surface area contributed by atoms with Crippen molar-refractivity contribution in [2.75, 3.05) is 13.7 Å². The molecular weight excluding hydrogens is 310 g/mol. The molecule has 2 rings (SSSR count). The third-order valence-corrected chi connectivity index (χ3v) is 3.27. The number of rotatable bonds is 5. The second-order valence-corrected chi connectivity index (χ2v) is 5.01. The highest BCUT2D eigenvalue weighted by molar-refractivity contribution is 9.10. The molecule has 100 valence electrons. The normalized spacial score (nSPS) is 10.6. The van der Waals surface area contributed by atoms with Crippen LogP contribution in [0, 0.1) is 0 Å².